The number of carbonyl (C=O) groups is 3. The van der Waals surface area contributed by atoms with Crippen LogP contribution in [0.5, 0.6) is 0 Å². The van der Waals surface area contributed by atoms with Crippen LogP contribution in [0, 0.1) is 0 Å². The van der Waals surface area contributed by atoms with Crippen LogP contribution in [0.4, 0.5) is 9.93 Å². The van der Waals surface area contributed by atoms with Gasteiger partial charge in [0, 0.05) is 5.92 Å². The number of carboxylic acids is 1. The molecule has 2 aliphatic rings. The number of aliphatic carboxylic acids is 1. The van der Waals surface area contributed by atoms with Gasteiger partial charge in [0.15, 0.2) is 5.13 Å². The van der Waals surface area contributed by atoms with Gasteiger partial charge < -0.3 is 15.2 Å². The molecular weight excluding hydrogens is 454 g/mol. The second-order valence-corrected chi connectivity index (χ2v) is 9.56. The van der Waals surface area contributed by atoms with E-state index in [1.165, 1.54) is 6.20 Å². The zero-order valence-electron chi connectivity index (χ0n) is 18.2. The van der Waals surface area contributed by atoms with Gasteiger partial charge in [-0.2, -0.15) is 0 Å². The second kappa shape index (κ2) is 8.90. The molecule has 5 rings (SSSR count). The van der Waals surface area contributed by atoms with Gasteiger partial charge >= 0.3 is 12.1 Å². The number of aromatic nitrogens is 1. The first-order valence-electron chi connectivity index (χ1n) is 11.1. The second-order valence-electron chi connectivity index (χ2n) is 8.53. The summed E-state index contributed by atoms with van der Waals surface area (Å²) in [6.45, 7) is 0.166. The lowest BCUT2D eigenvalue weighted by atomic mass is 9.98. The van der Waals surface area contributed by atoms with Crippen molar-refractivity contribution in [2.75, 3.05) is 11.9 Å². The molecule has 0 bridgehead atoms. The van der Waals surface area contributed by atoms with E-state index in [1.807, 2.05) is 36.4 Å². The number of hydrogen-bond acceptors (Lipinski definition) is 6. The summed E-state index contributed by atoms with van der Waals surface area (Å²) >= 11 is 0.970. The molecule has 3 aromatic rings. The van der Waals surface area contributed by atoms with Gasteiger partial charge in [-0.15, -0.1) is 0 Å². The summed E-state index contributed by atoms with van der Waals surface area (Å²) in [6.07, 6.45) is 2.97. The molecule has 8 nitrogen and oxygen atoms in total. The van der Waals surface area contributed by atoms with Crippen molar-refractivity contribution in [1.82, 2.24) is 10.3 Å². The van der Waals surface area contributed by atoms with Crippen molar-refractivity contribution in [3.8, 4) is 11.1 Å². The van der Waals surface area contributed by atoms with Crippen LogP contribution >= 0.6 is 11.3 Å². The molecule has 34 heavy (non-hydrogen) atoms. The fourth-order valence-electron chi connectivity index (χ4n) is 4.81. The molecular formula is C25H23N3O5S. The van der Waals surface area contributed by atoms with Crippen LogP contribution in [0.3, 0.4) is 0 Å². The van der Waals surface area contributed by atoms with Gasteiger partial charge in [-0.3, -0.25) is 10.1 Å². The fourth-order valence-corrected chi connectivity index (χ4v) is 5.51. The normalized spacial score (nSPS) is 15.9. The summed E-state index contributed by atoms with van der Waals surface area (Å²) in [6, 6.07) is 16.1. The van der Waals surface area contributed by atoms with E-state index >= 15 is 0 Å². The lowest BCUT2D eigenvalue weighted by molar-refractivity contribution is -0.144. The molecule has 2 amide bonds. The van der Waals surface area contributed by atoms with Gasteiger partial charge in [-0.25, -0.2) is 14.6 Å². The Balaban J connectivity index is 1.21. The highest BCUT2D eigenvalue weighted by atomic mass is 32.1. The predicted molar refractivity (Wildman–Crippen MR) is 127 cm³/mol. The summed E-state index contributed by atoms with van der Waals surface area (Å²) in [7, 11) is 0. The summed E-state index contributed by atoms with van der Waals surface area (Å²) < 4.78 is 5.51. The Morgan fingerprint density at radius 2 is 1.65 bits per heavy atom. The van der Waals surface area contributed by atoms with Crippen molar-refractivity contribution in [1.29, 1.82) is 0 Å². The largest absolute Gasteiger partial charge is 0.480 e. The van der Waals surface area contributed by atoms with E-state index in [4.69, 9.17) is 4.74 Å². The highest BCUT2D eigenvalue weighted by Gasteiger charge is 2.43. The van der Waals surface area contributed by atoms with Crippen molar-refractivity contribution in [3.63, 3.8) is 0 Å². The Morgan fingerprint density at radius 1 is 1.03 bits per heavy atom. The van der Waals surface area contributed by atoms with Crippen LogP contribution in [0.1, 0.15) is 52.4 Å². The maximum atomic E-state index is 12.6. The van der Waals surface area contributed by atoms with E-state index < -0.39 is 23.5 Å². The first-order valence-corrected chi connectivity index (χ1v) is 11.9. The molecule has 0 saturated heterocycles. The zero-order valence-corrected chi connectivity index (χ0v) is 19.1. The molecule has 1 aromatic heterocycles. The molecule has 1 fully saturated rings. The van der Waals surface area contributed by atoms with Gasteiger partial charge in [0.2, 0.25) is 0 Å². The smallest absolute Gasteiger partial charge is 0.413 e. The minimum Gasteiger partial charge on any atom is -0.480 e. The molecule has 3 N–H and O–H groups in total. The number of rotatable bonds is 6. The molecule has 0 atom stereocenters. The minimum atomic E-state index is -1.23. The Kier molecular flexibility index (Phi) is 5.79. The molecule has 2 aliphatic carbocycles. The molecule has 0 aliphatic heterocycles. The van der Waals surface area contributed by atoms with Gasteiger partial charge in [0.05, 0.1) is 6.20 Å². The number of amides is 2. The van der Waals surface area contributed by atoms with Crippen LogP contribution in [0.25, 0.3) is 11.1 Å². The van der Waals surface area contributed by atoms with Crippen LogP contribution in [0.2, 0.25) is 0 Å². The highest BCUT2D eigenvalue weighted by molar-refractivity contribution is 7.17. The van der Waals surface area contributed by atoms with E-state index in [1.54, 1.807) is 0 Å². The number of anilines is 1. The lowest BCUT2D eigenvalue weighted by Gasteiger charge is -2.24. The minimum absolute atomic E-state index is 0.0607. The standard InChI is InChI=1S/C25H23N3O5S/c29-21(28-25(22(30)31)11-5-6-12-25)20-13-26-23(34-20)27-24(32)33-14-19-17-9-3-1-7-15(17)16-8-2-4-10-18(16)19/h1-4,7-10,13,19H,5-6,11-12,14H2,(H,28,29)(H,30,31)(H,26,27,32). The summed E-state index contributed by atoms with van der Waals surface area (Å²) in [5.74, 6) is -1.60. The highest BCUT2D eigenvalue weighted by Crippen LogP contribution is 2.44. The maximum Gasteiger partial charge on any atom is 0.413 e. The van der Waals surface area contributed by atoms with Crippen LogP contribution in [-0.4, -0.2) is 40.2 Å². The fraction of sp³-hybridized carbons (Fsp3) is 0.280. The van der Waals surface area contributed by atoms with E-state index in [9.17, 15) is 19.5 Å². The van der Waals surface area contributed by atoms with Crippen molar-refractivity contribution in [2.24, 2.45) is 0 Å². The number of nitrogens with zero attached hydrogens (tertiary/aromatic N) is 1. The number of benzene rings is 2. The molecule has 1 heterocycles. The van der Waals surface area contributed by atoms with E-state index in [-0.39, 0.29) is 22.5 Å². The first-order chi connectivity index (χ1) is 16.5. The number of carbonyl (C=O) groups excluding carboxylic acids is 2. The number of ether oxygens (including phenoxy) is 1. The Labute approximate surface area is 200 Å². The molecule has 0 radical (unpaired) electrons. The van der Waals surface area contributed by atoms with Crippen LogP contribution in [0.15, 0.2) is 54.7 Å². The number of fused-ring (bicyclic) bond motifs is 3. The number of thiazole rings is 1. The third-order valence-electron chi connectivity index (χ3n) is 6.50. The van der Waals surface area contributed by atoms with Gasteiger partial charge in [-0.1, -0.05) is 72.7 Å². The maximum absolute atomic E-state index is 12.6. The Hall–Kier alpha value is -3.72. The number of hydrogen-bond donors (Lipinski definition) is 3. The SMILES string of the molecule is O=C(Nc1ncc(C(=O)NC2(C(=O)O)CCCC2)s1)OCC1c2ccccc2-c2ccccc21. The molecule has 2 aromatic carbocycles. The topological polar surface area (TPSA) is 118 Å². The van der Waals surface area contributed by atoms with Crippen molar-refractivity contribution in [3.05, 3.63) is 70.7 Å². The Morgan fingerprint density at radius 3 is 2.26 bits per heavy atom. The summed E-state index contributed by atoms with van der Waals surface area (Å²) in [5, 5.41) is 15.0. The Bertz CT molecular complexity index is 1220. The van der Waals surface area contributed by atoms with Gasteiger partial charge in [-0.05, 0) is 35.1 Å². The lowest BCUT2D eigenvalue weighted by Crippen LogP contribution is -2.52. The first kappa shape index (κ1) is 22.1. The van der Waals surface area contributed by atoms with Crippen LogP contribution in [-0.2, 0) is 9.53 Å². The summed E-state index contributed by atoms with van der Waals surface area (Å²) in [4.78, 5) is 41.0. The average molecular weight is 478 g/mol. The molecule has 0 spiro atoms. The van der Waals surface area contributed by atoms with Gasteiger partial charge in [0.1, 0.15) is 17.0 Å². The molecule has 174 valence electrons. The monoisotopic (exact) mass is 477 g/mol. The van der Waals surface area contributed by atoms with E-state index in [0.29, 0.717) is 12.8 Å². The van der Waals surface area contributed by atoms with Gasteiger partial charge in [0.25, 0.3) is 5.91 Å². The average Bonchev–Trinajstić information content (AvgIpc) is 3.56. The zero-order chi connectivity index (χ0) is 23.7. The molecule has 1 saturated carbocycles. The quantitative estimate of drug-likeness (QED) is 0.476. The van der Waals surface area contributed by atoms with Crippen molar-refractivity contribution < 1.29 is 24.2 Å². The predicted octanol–water partition coefficient (Wildman–Crippen LogP) is 4.63. The van der Waals surface area contributed by atoms with Crippen molar-refractivity contribution >= 4 is 34.4 Å². The van der Waals surface area contributed by atoms with Crippen LogP contribution < -0.4 is 10.6 Å². The van der Waals surface area contributed by atoms with E-state index in [0.717, 1.165) is 46.4 Å². The number of carboxylic acid groups (broad SMARTS) is 1. The third kappa shape index (κ3) is 4.03. The molecule has 0 unspecified atom stereocenters. The van der Waals surface area contributed by atoms with Crippen molar-refractivity contribution in [2.45, 2.75) is 37.1 Å². The summed E-state index contributed by atoms with van der Waals surface area (Å²) in [5.41, 5.74) is 3.28. The molecule has 9 heteroatoms. The third-order valence-corrected chi connectivity index (χ3v) is 7.41. The van der Waals surface area contributed by atoms with E-state index in [2.05, 4.69) is 27.8 Å². The number of nitrogens with one attached hydrogen (secondary N) is 2.